The Morgan fingerprint density at radius 3 is 1.85 bits per heavy atom. The van der Waals surface area contributed by atoms with Crippen molar-refractivity contribution in [2.45, 2.75) is 4.90 Å². The molecule has 0 bridgehead atoms. The summed E-state index contributed by atoms with van der Waals surface area (Å²) in [6, 6.07) is 6.52. The predicted octanol–water partition coefficient (Wildman–Crippen LogP) is 3.86. The maximum absolute atomic E-state index is 12.6. The standard InChI is InChI=1S/C14H7Br2NO2S/c15-7-1-2-8(16)12-11(7)13(18)5-3-9(17)10(20)4-6(5)14(12)19/h1-4,20H,17H2. The molecule has 1 aliphatic rings. The Morgan fingerprint density at radius 2 is 1.35 bits per heavy atom. The van der Waals surface area contributed by atoms with Gasteiger partial charge < -0.3 is 5.73 Å². The fraction of sp³-hybridized carbons (Fsp3) is 0. The molecule has 0 amide bonds. The van der Waals surface area contributed by atoms with Crippen molar-refractivity contribution >= 4 is 61.7 Å². The Bertz CT molecular complexity index is 736. The summed E-state index contributed by atoms with van der Waals surface area (Å²) in [4.78, 5) is 25.7. The van der Waals surface area contributed by atoms with Crippen LogP contribution in [0, 0.1) is 0 Å². The SMILES string of the molecule is Nc1cc2c(cc1S)C(=O)c1c(Br)ccc(Br)c1C2=O. The Labute approximate surface area is 137 Å². The van der Waals surface area contributed by atoms with Crippen molar-refractivity contribution < 1.29 is 9.59 Å². The third-order valence-electron chi connectivity index (χ3n) is 3.21. The van der Waals surface area contributed by atoms with Crippen molar-refractivity contribution in [1.82, 2.24) is 0 Å². The second-order valence-corrected chi connectivity index (χ2v) is 6.58. The quantitative estimate of drug-likeness (QED) is 0.435. The fourth-order valence-electron chi connectivity index (χ4n) is 2.25. The van der Waals surface area contributed by atoms with Crippen LogP contribution in [0.4, 0.5) is 5.69 Å². The van der Waals surface area contributed by atoms with Crippen LogP contribution in [-0.2, 0) is 0 Å². The number of hydrogen-bond donors (Lipinski definition) is 2. The maximum Gasteiger partial charge on any atom is 0.195 e. The van der Waals surface area contributed by atoms with Gasteiger partial charge in [0.15, 0.2) is 11.6 Å². The average molecular weight is 413 g/mol. The Morgan fingerprint density at radius 1 is 0.900 bits per heavy atom. The van der Waals surface area contributed by atoms with Crippen molar-refractivity contribution in [2.24, 2.45) is 0 Å². The summed E-state index contributed by atoms with van der Waals surface area (Å²) in [6.07, 6.45) is 0. The highest BCUT2D eigenvalue weighted by atomic mass is 79.9. The number of anilines is 1. The van der Waals surface area contributed by atoms with Gasteiger partial charge in [-0.3, -0.25) is 9.59 Å². The number of benzene rings is 2. The number of halogens is 2. The summed E-state index contributed by atoms with van der Waals surface area (Å²) in [5.41, 5.74) is 7.54. The lowest BCUT2D eigenvalue weighted by molar-refractivity contribution is 0.0977. The molecule has 2 aromatic carbocycles. The van der Waals surface area contributed by atoms with Crippen molar-refractivity contribution in [3.63, 3.8) is 0 Å². The lowest BCUT2D eigenvalue weighted by Gasteiger charge is -2.20. The van der Waals surface area contributed by atoms with Crippen molar-refractivity contribution in [3.05, 3.63) is 55.5 Å². The van der Waals surface area contributed by atoms with E-state index in [1.54, 1.807) is 18.2 Å². The van der Waals surface area contributed by atoms with Gasteiger partial charge in [0.2, 0.25) is 0 Å². The maximum atomic E-state index is 12.6. The van der Waals surface area contributed by atoms with Crippen LogP contribution in [0.15, 0.2) is 38.1 Å². The van der Waals surface area contributed by atoms with Gasteiger partial charge >= 0.3 is 0 Å². The summed E-state index contributed by atoms with van der Waals surface area (Å²) in [6.45, 7) is 0. The first-order valence-corrected chi connectivity index (χ1v) is 7.65. The van der Waals surface area contributed by atoms with Gasteiger partial charge in [0.25, 0.3) is 0 Å². The van der Waals surface area contributed by atoms with E-state index in [1.165, 1.54) is 6.07 Å². The molecule has 2 aromatic rings. The Kier molecular flexibility index (Phi) is 3.27. The molecule has 0 saturated carbocycles. The van der Waals surface area contributed by atoms with Gasteiger partial charge in [0.05, 0.1) is 0 Å². The molecule has 0 unspecified atom stereocenters. The van der Waals surface area contributed by atoms with Crippen LogP contribution in [0.1, 0.15) is 31.8 Å². The highest BCUT2D eigenvalue weighted by Crippen LogP contribution is 2.37. The van der Waals surface area contributed by atoms with E-state index in [0.29, 0.717) is 41.8 Å². The smallest absolute Gasteiger partial charge is 0.195 e. The Hall–Kier alpha value is -1.11. The van der Waals surface area contributed by atoms with E-state index in [-0.39, 0.29) is 11.6 Å². The van der Waals surface area contributed by atoms with Gasteiger partial charge in [-0.05, 0) is 24.3 Å². The zero-order valence-corrected chi connectivity index (χ0v) is 14.0. The average Bonchev–Trinajstić information content (AvgIpc) is 2.41. The van der Waals surface area contributed by atoms with Gasteiger partial charge in [-0.25, -0.2) is 0 Å². The molecule has 6 heteroatoms. The minimum atomic E-state index is -0.220. The number of ketones is 2. The van der Waals surface area contributed by atoms with E-state index in [9.17, 15) is 9.59 Å². The topological polar surface area (TPSA) is 60.2 Å². The molecule has 100 valence electrons. The fourth-order valence-corrected chi connectivity index (χ4v) is 3.46. The zero-order chi connectivity index (χ0) is 14.6. The highest BCUT2D eigenvalue weighted by molar-refractivity contribution is 9.11. The monoisotopic (exact) mass is 411 g/mol. The van der Waals surface area contributed by atoms with Crippen molar-refractivity contribution in [3.8, 4) is 0 Å². The van der Waals surface area contributed by atoms with Crippen LogP contribution >= 0.6 is 44.5 Å². The molecular weight excluding hydrogens is 406 g/mol. The predicted molar refractivity (Wildman–Crippen MR) is 86.8 cm³/mol. The van der Waals surface area contributed by atoms with E-state index < -0.39 is 0 Å². The molecular formula is C14H7Br2NO2S. The van der Waals surface area contributed by atoms with E-state index in [4.69, 9.17) is 5.73 Å². The third-order valence-corrected chi connectivity index (χ3v) is 4.92. The largest absolute Gasteiger partial charge is 0.398 e. The first-order valence-electron chi connectivity index (χ1n) is 5.61. The lowest BCUT2D eigenvalue weighted by Crippen LogP contribution is -2.22. The van der Waals surface area contributed by atoms with Gasteiger partial charge in [-0.2, -0.15) is 0 Å². The minimum Gasteiger partial charge on any atom is -0.398 e. The summed E-state index contributed by atoms with van der Waals surface area (Å²) in [5, 5.41) is 0. The summed E-state index contributed by atoms with van der Waals surface area (Å²) in [5.74, 6) is -0.430. The molecule has 0 radical (unpaired) electrons. The molecule has 20 heavy (non-hydrogen) atoms. The summed E-state index contributed by atoms with van der Waals surface area (Å²) < 4.78 is 1.19. The van der Waals surface area contributed by atoms with E-state index in [2.05, 4.69) is 44.5 Å². The second kappa shape index (κ2) is 4.72. The van der Waals surface area contributed by atoms with E-state index in [1.807, 2.05) is 0 Å². The van der Waals surface area contributed by atoms with Crippen molar-refractivity contribution in [1.29, 1.82) is 0 Å². The van der Waals surface area contributed by atoms with Gasteiger partial charge in [-0.1, -0.05) is 31.9 Å². The number of thiol groups is 1. The van der Waals surface area contributed by atoms with Gasteiger partial charge in [0, 0.05) is 41.8 Å². The molecule has 3 nitrogen and oxygen atoms in total. The molecule has 0 spiro atoms. The van der Waals surface area contributed by atoms with Crippen LogP contribution in [0.3, 0.4) is 0 Å². The second-order valence-electron chi connectivity index (χ2n) is 4.39. The highest BCUT2D eigenvalue weighted by Gasteiger charge is 2.33. The van der Waals surface area contributed by atoms with E-state index in [0.717, 1.165) is 0 Å². The number of fused-ring (bicyclic) bond motifs is 2. The van der Waals surface area contributed by atoms with Crippen LogP contribution < -0.4 is 5.73 Å². The molecule has 1 aliphatic carbocycles. The molecule has 0 heterocycles. The first kappa shape index (κ1) is 13.9. The number of hydrogen-bond acceptors (Lipinski definition) is 4. The summed E-state index contributed by atoms with van der Waals surface area (Å²) in [7, 11) is 0. The molecule has 0 saturated heterocycles. The molecule has 3 rings (SSSR count). The van der Waals surface area contributed by atoms with Crippen LogP contribution in [0.2, 0.25) is 0 Å². The molecule has 0 aromatic heterocycles. The van der Waals surface area contributed by atoms with Crippen LogP contribution in [0.25, 0.3) is 0 Å². The van der Waals surface area contributed by atoms with Crippen molar-refractivity contribution in [2.75, 3.05) is 5.73 Å². The zero-order valence-electron chi connectivity index (χ0n) is 9.91. The molecule has 0 atom stereocenters. The third kappa shape index (κ3) is 1.86. The number of nitrogen functional groups attached to an aromatic ring is 1. The van der Waals surface area contributed by atoms with E-state index >= 15 is 0 Å². The van der Waals surface area contributed by atoms with Gasteiger partial charge in [-0.15, -0.1) is 12.6 Å². The number of nitrogens with two attached hydrogens (primary N) is 1. The van der Waals surface area contributed by atoms with Crippen LogP contribution in [-0.4, -0.2) is 11.6 Å². The number of carbonyl (C=O) groups is 2. The molecule has 0 fully saturated rings. The van der Waals surface area contributed by atoms with Gasteiger partial charge in [0.1, 0.15) is 0 Å². The lowest BCUT2D eigenvalue weighted by atomic mass is 9.84. The minimum absolute atomic E-state index is 0.210. The normalized spacial score (nSPS) is 13.2. The Balaban J connectivity index is 2.40. The number of rotatable bonds is 0. The molecule has 0 aliphatic heterocycles. The van der Waals surface area contributed by atoms with Crippen LogP contribution in [0.5, 0.6) is 0 Å². The molecule has 2 N–H and O–H groups in total. The first-order chi connectivity index (χ1) is 9.41. The summed E-state index contributed by atoms with van der Waals surface area (Å²) >= 11 is 10.9. The number of carbonyl (C=O) groups excluding carboxylic acids is 2.